The van der Waals surface area contributed by atoms with Crippen LogP contribution in [-0.4, -0.2) is 47.1 Å². The molecule has 3 aromatic rings. The van der Waals surface area contributed by atoms with E-state index in [2.05, 4.69) is 20.2 Å². The summed E-state index contributed by atoms with van der Waals surface area (Å²) in [5, 5.41) is 4.48. The molecule has 1 unspecified atom stereocenters. The summed E-state index contributed by atoms with van der Waals surface area (Å²) in [5.74, 6) is 1.04. The van der Waals surface area contributed by atoms with Gasteiger partial charge in [0.1, 0.15) is 5.75 Å². The normalized spacial score (nSPS) is 16.0. The van der Waals surface area contributed by atoms with Crippen molar-refractivity contribution in [3.63, 3.8) is 0 Å². The molecule has 0 bridgehead atoms. The van der Waals surface area contributed by atoms with Crippen LogP contribution >= 0.6 is 22.9 Å². The molecule has 1 amide bonds. The Bertz CT molecular complexity index is 1090. The van der Waals surface area contributed by atoms with Crippen molar-refractivity contribution in [2.24, 2.45) is 0 Å². The molecule has 1 aromatic carbocycles. The van der Waals surface area contributed by atoms with Crippen molar-refractivity contribution in [2.75, 3.05) is 25.1 Å². The average Bonchev–Trinajstić information content (AvgIpc) is 3.34. The van der Waals surface area contributed by atoms with Crippen molar-refractivity contribution in [1.82, 2.24) is 20.3 Å². The molecular formula is C21H22ClN5O2S. The monoisotopic (exact) mass is 443 g/mol. The number of aryl methyl sites for hydroxylation is 2. The molecule has 2 aromatic heterocycles. The van der Waals surface area contributed by atoms with Gasteiger partial charge in [-0.3, -0.25) is 4.79 Å². The number of thiazole rings is 1. The lowest BCUT2D eigenvalue weighted by Crippen LogP contribution is -2.37. The second-order valence-corrected chi connectivity index (χ2v) is 8.75. The first-order chi connectivity index (χ1) is 14.4. The zero-order valence-corrected chi connectivity index (χ0v) is 18.5. The summed E-state index contributed by atoms with van der Waals surface area (Å²) >= 11 is 7.83. The molecule has 0 radical (unpaired) electrons. The number of benzene rings is 1. The Morgan fingerprint density at radius 2 is 2.13 bits per heavy atom. The van der Waals surface area contributed by atoms with Crippen LogP contribution in [0, 0.1) is 13.8 Å². The van der Waals surface area contributed by atoms with E-state index in [0.717, 1.165) is 34.2 Å². The van der Waals surface area contributed by atoms with Gasteiger partial charge in [0.15, 0.2) is 0 Å². The quantitative estimate of drug-likeness (QED) is 0.644. The largest absolute Gasteiger partial charge is 0.497 e. The number of nitrogens with zero attached hydrogens (tertiary/aromatic N) is 4. The number of carbonyl (C=O) groups is 1. The van der Waals surface area contributed by atoms with Gasteiger partial charge in [0, 0.05) is 25.3 Å². The summed E-state index contributed by atoms with van der Waals surface area (Å²) in [6, 6.07) is 6.94. The first-order valence-corrected chi connectivity index (χ1v) is 10.8. The Morgan fingerprint density at radius 3 is 2.87 bits per heavy atom. The zero-order valence-electron chi connectivity index (χ0n) is 17.0. The number of methoxy groups -OCH3 is 1. The van der Waals surface area contributed by atoms with E-state index in [1.54, 1.807) is 42.8 Å². The van der Waals surface area contributed by atoms with Crippen molar-refractivity contribution in [3.05, 3.63) is 51.7 Å². The number of hydrogen-bond donors (Lipinski definition) is 1. The fourth-order valence-electron chi connectivity index (χ4n) is 3.52. The lowest BCUT2D eigenvalue weighted by atomic mass is 10.1. The van der Waals surface area contributed by atoms with Gasteiger partial charge in [-0.05, 0) is 44.5 Å². The maximum Gasteiger partial charge on any atom is 0.253 e. The van der Waals surface area contributed by atoms with Crippen LogP contribution in [0.5, 0.6) is 5.75 Å². The number of carbonyl (C=O) groups excluding carboxylic acids is 1. The third-order valence-electron chi connectivity index (χ3n) is 5.00. The minimum atomic E-state index is -0.212. The van der Waals surface area contributed by atoms with Crippen molar-refractivity contribution >= 4 is 34.8 Å². The summed E-state index contributed by atoms with van der Waals surface area (Å²) in [5.41, 5.74) is 2.26. The second-order valence-electron chi connectivity index (χ2n) is 7.14. The molecule has 1 fully saturated rings. The molecule has 1 aliphatic heterocycles. The van der Waals surface area contributed by atoms with Gasteiger partial charge in [-0.15, -0.1) is 11.3 Å². The number of halogens is 1. The van der Waals surface area contributed by atoms with Gasteiger partial charge < -0.3 is 15.0 Å². The highest BCUT2D eigenvalue weighted by molar-refractivity contribution is 7.15. The third-order valence-corrected chi connectivity index (χ3v) is 6.43. The number of amides is 1. The number of anilines is 1. The standard InChI is InChI=1S/C21H22ClN5O2S/c1-12-19(30-13(2)24-12)18-6-8-23-21(26-18)27-9-7-14(11-27)25-20(28)16-10-15(29-3)4-5-17(16)22/h4-6,8,10,14H,7,9,11H2,1-3H3,(H,25,28). The lowest BCUT2D eigenvalue weighted by molar-refractivity contribution is 0.0940. The minimum absolute atomic E-state index is 0.0144. The fourth-order valence-corrected chi connectivity index (χ4v) is 4.62. The van der Waals surface area contributed by atoms with Crippen LogP contribution < -0.4 is 15.0 Å². The molecule has 1 aliphatic rings. The molecule has 0 aliphatic carbocycles. The summed E-state index contributed by atoms with van der Waals surface area (Å²) in [6.07, 6.45) is 2.58. The van der Waals surface area contributed by atoms with Crippen molar-refractivity contribution in [3.8, 4) is 16.3 Å². The highest BCUT2D eigenvalue weighted by Gasteiger charge is 2.27. The van der Waals surface area contributed by atoms with Gasteiger partial charge in [-0.25, -0.2) is 15.0 Å². The summed E-state index contributed by atoms with van der Waals surface area (Å²) < 4.78 is 5.20. The highest BCUT2D eigenvalue weighted by atomic mass is 35.5. The number of aromatic nitrogens is 3. The molecule has 1 saturated heterocycles. The SMILES string of the molecule is COc1ccc(Cl)c(C(=O)NC2CCN(c3nccc(-c4sc(C)nc4C)n3)C2)c1. The predicted octanol–water partition coefficient (Wildman–Crippen LogP) is 3.89. The van der Waals surface area contributed by atoms with Crippen molar-refractivity contribution < 1.29 is 9.53 Å². The van der Waals surface area contributed by atoms with E-state index in [4.69, 9.17) is 21.3 Å². The maximum absolute atomic E-state index is 12.7. The molecule has 0 spiro atoms. The molecule has 156 valence electrons. The van der Waals surface area contributed by atoms with Gasteiger partial charge in [0.2, 0.25) is 5.95 Å². The molecule has 1 N–H and O–H groups in total. The van der Waals surface area contributed by atoms with E-state index in [1.165, 1.54) is 0 Å². The number of hydrogen-bond acceptors (Lipinski definition) is 7. The van der Waals surface area contributed by atoms with Crippen molar-refractivity contribution in [1.29, 1.82) is 0 Å². The van der Waals surface area contributed by atoms with Crippen molar-refractivity contribution in [2.45, 2.75) is 26.3 Å². The highest BCUT2D eigenvalue weighted by Crippen LogP contribution is 2.29. The zero-order chi connectivity index (χ0) is 21.3. The number of rotatable bonds is 5. The molecule has 4 rings (SSSR count). The summed E-state index contributed by atoms with van der Waals surface area (Å²) in [6.45, 7) is 5.38. The Morgan fingerprint density at radius 1 is 1.30 bits per heavy atom. The maximum atomic E-state index is 12.7. The summed E-state index contributed by atoms with van der Waals surface area (Å²) in [4.78, 5) is 29.5. The smallest absolute Gasteiger partial charge is 0.253 e. The predicted molar refractivity (Wildman–Crippen MR) is 119 cm³/mol. The van der Waals surface area contributed by atoms with E-state index in [0.29, 0.717) is 28.8 Å². The lowest BCUT2D eigenvalue weighted by Gasteiger charge is -2.17. The van der Waals surface area contributed by atoms with Gasteiger partial charge >= 0.3 is 0 Å². The topological polar surface area (TPSA) is 80.2 Å². The molecule has 3 heterocycles. The second kappa shape index (κ2) is 8.57. The molecule has 9 heteroatoms. The van der Waals surface area contributed by atoms with Crippen LogP contribution in [0.1, 0.15) is 27.5 Å². The Hall–Kier alpha value is -2.71. The van der Waals surface area contributed by atoms with Crippen LogP contribution in [-0.2, 0) is 0 Å². The molecule has 0 saturated carbocycles. The van der Waals surface area contributed by atoms with Crippen LogP contribution in [0.3, 0.4) is 0 Å². The minimum Gasteiger partial charge on any atom is -0.497 e. The van der Waals surface area contributed by atoms with Gasteiger partial charge in [-0.2, -0.15) is 0 Å². The summed E-state index contributed by atoms with van der Waals surface area (Å²) in [7, 11) is 1.56. The Balaban J connectivity index is 1.46. The molecule has 1 atom stereocenters. The Kier molecular flexibility index (Phi) is 5.87. The van der Waals surface area contributed by atoms with Crippen LogP contribution in [0.4, 0.5) is 5.95 Å². The van der Waals surface area contributed by atoms with E-state index in [1.807, 2.05) is 19.9 Å². The number of nitrogens with one attached hydrogen (secondary N) is 1. The molecule has 30 heavy (non-hydrogen) atoms. The van der Waals surface area contributed by atoms with Gasteiger partial charge in [0.25, 0.3) is 5.91 Å². The first kappa shape index (κ1) is 20.6. The fraction of sp³-hybridized carbons (Fsp3) is 0.333. The van der Waals surface area contributed by atoms with Crippen LogP contribution in [0.15, 0.2) is 30.5 Å². The van der Waals surface area contributed by atoms with E-state index < -0.39 is 0 Å². The van der Waals surface area contributed by atoms with Crippen LogP contribution in [0.25, 0.3) is 10.6 Å². The third kappa shape index (κ3) is 4.24. The van der Waals surface area contributed by atoms with Gasteiger partial charge in [-0.1, -0.05) is 11.6 Å². The van der Waals surface area contributed by atoms with Crippen LogP contribution in [0.2, 0.25) is 5.02 Å². The molecule has 7 nitrogen and oxygen atoms in total. The number of ether oxygens (including phenoxy) is 1. The van der Waals surface area contributed by atoms with E-state index in [-0.39, 0.29) is 11.9 Å². The first-order valence-electron chi connectivity index (χ1n) is 9.61. The van der Waals surface area contributed by atoms with E-state index in [9.17, 15) is 4.79 Å². The molecular weight excluding hydrogens is 422 g/mol. The average molecular weight is 444 g/mol. The Labute approximate surface area is 184 Å². The van der Waals surface area contributed by atoms with Gasteiger partial charge in [0.05, 0.1) is 39.0 Å². The van der Waals surface area contributed by atoms with E-state index >= 15 is 0 Å².